The smallest absolute Gasteiger partial charge is 0.341 e. The number of benzene rings is 1. The van der Waals surface area contributed by atoms with Crippen LogP contribution in [0.3, 0.4) is 0 Å². The van der Waals surface area contributed by atoms with E-state index >= 15 is 0 Å². The molecular formula is C22H23N3O5S2. The highest BCUT2D eigenvalue weighted by Gasteiger charge is 2.26. The van der Waals surface area contributed by atoms with E-state index in [4.69, 9.17) is 13.9 Å². The second-order valence-corrected chi connectivity index (χ2v) is 9.19. The molecule has 0 fully saturated rings. The van der Waals surface area contributed by atoms with E-state index in [1.165, 1.54) is 18.4 Å². The number of nitrogens with one attached hydrogen (secondary N) is 1. The minimum Gasteiger partial charge on any atom is -0.484 e. The fourth-order valence-corrected chi connectivity index (χ4v) is 5.33. The molecule has 1 aliphatic rings. The molecule has 1 aromatic carbocycles. The number of hydrogen-bond donors (Lipinski definition) is 1. The monoisotopic (exact) mass is 473 g/mol. The molecule has 0 saturated carbocycles. The first-order valence-electron chi connectivity index (χ1n) is 10.3. The van der Waals surface area contributed by atoms with E-state index < -0.39 is 5.97 Å². The molecule has 0 unspecified atom stereocenters. The summed E-state index contributed by atoms with van der Waals surface area (Å²) < 4.78 is 16.1. The average molecular weight is 474 g/mol. The Morgan fingerprint density at radius 1 is 1.16 bits per heavy atom. The molecule has 0 atom stereocenters. The van der Waals surface area contributed by atoms with E-state index in [0.717, 1.165) is 54.3 Å². The standard InChI is InChI=1S/C22H23N3O5S2/c1-28-21(27)19-15-10-6-3-7-11-16(15)32-20(19)23-17(26)13-31-22-25-24-18(30-22)12-29-14-8-4-2-5-9-14/h2,4-5,8-9H,3,6-7,10-13H2,1H3,(H,23,26). The fourth-order valence-electron chi connectivity index (χ4n) is 3.46. The number of anilines is 1. The zero-order chi connectivity index (χ0) is 22.3. The summed E-state index contributed by atoms with van der Waals surface area (Å²) in [7, 11) is 1.36. The molecule has 3 aromatic rings. The van der Waals surface area contributed by atoms with Crippen molar-refractivity contribution >= 4 is 40.0 Å². The van der Waals surface area contributed by atoms with Crippen molar-refractivity contribution in [3.05, 3.63) is 52.2 Å². The number of esters is 1. The first kappa shape index (κ1) is 22.3. The van der Waals surface area contributed by atoms with Gasteiger partial charge in [0.2, 0.25) is 5.91 Å². The topological polar surface area (TPSA) is 104 Å². The molecule has 0 saturated heterocycles. The minimum absolute atomic E-state index is 0.0738. The Bertz CT molecular complexity index is 1080. The largest absolute Gasteiger partial charge is 0.484 e. The number of para-hydroxylation sites is 1. The second-order valence-electron chi connectivity index (χ2n) is 7.16. The number of hydrogen-bond acceptors (Lipinski definition) is 9. The predicted octanol–water partition coefficient (Wildman–Crippen LogP) is 4.50. The van der Waals surface area contributed by atoms with Gasteiger partial charge >= 0.3 is 5.97 Å². The first-order chi connectivity index (χ1) is 15.6. The van der Waals surface area contributed by atoms with Crippen molar-refractivity contribution in [2.45, 2.75) is 43.9 Å². The Balaban J connectivity index is 1.34. The van der Waals surface area contributed by atoms with Crippen LogP contribution in [0, 0.1) is 0 Å². The van der Waals surface area contributed by atoms with Gasteiger partial charge in [-0.15, -0.1) is 21.5 Å². The number of carbonyl (C=O) groups is 2. The average Bonchev–Trinajstić information content (AvgIpc) is 3.33. The Morgan fingerprint density at radius 3 is 2.78 bits per heavy atom. The molecular weight excluding hydrogens is 450 g/mol. The van der Waals surface area contributed by atoms with Gasteiger partial charge in [-0.1, -0.05) is 36.4 Å². The molecule has 8 nitrogen and oxygen atoms in total. The molecule has 1 N–H and O–H groups in total. The number of fused-ring (bicyclic) bond motifs is 1. The number of aromatic nitrogens is 2. The summed E-state index contributed by atoms with van der Waals surface area (Å²) in [5.74, 6) is 0.440. The highest BCUT2D eigenvalue weighted by Crippen LogP contribution is 2.38. The van der Waals surface area contributed by atoms with Crippen LogP contribution in [0.5, 0.6) is 5.75 Å². The molecule has 0 radical (unpaired) electrons. The summed E-state index contributed by atoms with van der Waals surface area (Å²) in [6.07, 6.45) is 5.01. The van der Waals surface area contributed by atoms with Crippen LogP contribution < -0.4 is 10.1 Å². The quantitative estimate of drug-likeness (QED) is 0.290. The van der Waals surface area contributed by atoms with Crippen LogP contribution in [0.4, 0.5) is 5.00 Å². The zero-order valence-corrected chi connectivity index (χ0v) is 19.2. The molecule has 2 aromatic heterocycles. The number of ether oxygens (including phenoxy) is 2. The van der Waals surface area contributed by atoms with Crippen LogP contribution in [0.15, 0.2) is 40.0 Å². The minimum atomic E-state index is -0.410. The second kappa shape index (κ2) is 10.6. The van der Waals surface area contributed by atoms with Gasteiger partial charge < -0.3 is 19.2 Å². The maximum atomic E-state index is 12.6. The summed E-state index contributed by atoms with van der Waals surface area (Å²) in [4.78, 5) is 26.1. The summed E-state index contributed by atoms with van der Waals surface area (Å²) in [6, 6.07) is 9.33. The number of methoxy groups -OCH3 is 1. The molecule has 32 heavy (non-hydrogen) atoms. The number of aryl methyl sites for hydroxylation is 1. The number of carbonyl (C=O) groups excluding carboxylic acids is 2. The molecule has 0 aliphatic heterocycles. The summed E-state index contributed by atoms with van der Waals surface area (Å²) >= 11 is 2.60. The van der Waals surface area contributed by atoms with Gasteiger partial charge in [-0.3, -0.25) is 4.79 Å². The summed E-state index contributed by atoms with van der Waals surface area (Å²) in [6.45, 7) is 0.146. The Hall–Kier alpha value is -2.85. The van der Waals surface area contributed by atoms with E-state index in [-0.39, 0.29) is 23.5 Å². The predicted molar refractivity (Wildman–Crippen MR) is 121 cm³/mol. The highest BCUT2D eigenvalue weighted by molar-refractivity contribution is 7.99. The van der Waals surface area contributed by atoms with Gasteiger partial charge in [-0.05, 0) is 43.4 Å². The van der Waals surface area contributed by atoms with Crippen LogP contribution in [-0.2, 0) is 29.0 Å². The molecule has 4 rings (SSSR count). The summed E-state index contributed by atoms with van der Waals surface area (Å²) in [5, 5.41) is 11.6. The lowest BCUT2D eigenvalue weighted by Gasteiger charge is -2.07. The van der Waals surface area contributed by atoms with E-state index in [0.29, 0.717) is 22.2 Å². The van der Waals surface area contributed by atoms with Crippen molar-refractivity contribution in [3.63, 3.8) is 0 Å². The number of nitrogens with zero attached hydrogens (tertiary/aromatic N) is 2. The number of thiophene rings is 1. The molecule has 1 amide bonds. The van der Waals surface area contributed by atoms with Gasteiger partial charge in [-0.25, -0.2) is 4.79 Å². The van der Waals surface area contributed by atoms with Gasteiger partial charge in [0.1, 0.15) is 10.8 Å². The van der Waals surface area contributed by atoms with Gasteiger partial charge in [0.15, 0.2) is 6.61 Å². The van der Waals surface area contributed by atoms with E-state index in [1.807, 2.05) is 30.3 Å². The van der Waals surface area contributed by atoms with Crippen molar-refractivity contribution in [2.75, 3.05) is 18.2 Å². The Morgan fingerprint density at radius 2 is 1.97 bits per heavy atom. The lowest BCUT2D eigenvalue weighted by atomic mass is 10.1. The fraction of sp³-hybridized carbons (Fsp3) is 0.364. The Labute approximate surface area is 193 Å². The molecule has 10 heteroatoms. The van der Waals surface area contributed by atoms with Crippen LogP contribution >= 0.6 is 23.1 Å². The van der Waals surface area contributed by atoms with E-state index in [2.05, 4.69) is 15.5 Å². The molecule has 1 aliphatic carbocycles. The maximum absolute atomic E-state index is 12.6. The van der Waals surface area contributed by atoms with E-state index in [1.54, 1.807) is 0 Å². The van der Waals surface area contributed by atoms with Crippen LogP contribution in [0.1, 0.15) is 46.0 Å². The van der Waals surface area contributed by atoms with Gasteiger partial charge in [0, 0.05) is 4.88 Å². The normalized spacial score (nSPS) is 13.2. The third-order valence-corrected chi connectivity index (χ3v) is 6.97. The van der Waals surface area contributed by atoms with Crippen LogP contribution in [0.25, 0.3) is 0 Å². The molecule has 2 heterocycles. The van der Waals surface area contributed by atoms with Gasteiger partial charge in [-0.2, -0.15) is 0 Å². The number of amides is 1. The van der Waals surface area contributed by atoms with Crippen LogP contribution in [-0.4, -0.2) is 34.9 Å². The lowest BCUT2D eigenvalue weighted by Crippen LogP contribution is -2.16. The molecule has 0 spiro atoms. The Kier molecular flexibility index (Phi) is 7.43. The SMILES string of the molecule is COC(=O)c1c(NC(=O)CSc2nnc(COc3ccccc3)o2)sc2c1CCCCC2. The maximum Gasteiger partial charge on any atom is 0.341 e. The highest BCUT2D eigenvalue weighted by atomic mass is 32.2. The van der Waals surface area contributed by atoms with Crippen LogP contribution in [0.2, 0.25) is 0 Å². The summed E-state index contributed by atoms with van der Waals surface area (Å²) in [5.41, 5.74) is 1.51. The van der Waals surface area contributed by atoms with Crippen molar-refractivity contribution < 1.29 is 23.5 Å². The third-order valence-electron chi connectivity index (χ3n) is 4.94. The van der Waals surface area contributed by atoms with Crippen molar-refractivity contribution in [2.24, 2.45) is 0 Å². The third kappa shape index (κ3) is 5.49. The number of thioether (sulfide) groups is 1. The molecule has 0 bridgehead atoms. The van der Waals surface area contributed by atoms with Crippen molar-refractivity contribution in [1.82, 2.24) is 10.2 Å². The van der Waals surface area contributed by atoms with Crippen molar-refractivity contribution in [3.8, 4) is 5.75 Å². The number of rotatable bonds is 8. The lowest BCUT2D eigenvalue weighted by molar-refractivity contribution is -0.113. The van der Waals surface area contributed by atoms with Gasteiger partial charge in [0.05, 0.1) is 18.4 Å². The molecule has 168 valence electrons. The first-order valence-corrected chi connectivity index (χ1v) is 12.1. The van der Waals surface area contributed by atoms with E-state index in [9.17, 15) is 9.59 Å². The van der Waals surface area contributed by atoms with Gasteiger partial charge in [0.25, 0.3) is 11.1 Å². The van der Waals surface area contributed by atoms with Crippen molar-refractivity contribution in [1.29, 1.82) is 0 Å². The zero-order valence-electron chi connectivity index (χ0n) is 17.6.